The van der Waals surface area contributed by atoms with Gasteiger partial charge in [0.25, 0.3) is 0 Å². The summed E-state index contributed by atoms with van der Waals surface area (Å²) in [4.78, 5) is 37.4. The van der Waals surface area contributed by atoms with Crippen molar-refractivity contribution in [2.75, 3.05) is 13.2 Å². The van der Waals surface area contributed by atoms with Crippen molar-refractivity contribution in [1.82, 2.24) is 0 Å². The van der Waals surface area contributed by atoms with E-state index in [9.17, 15) is 14.4 Å². The summed E-state index contributed by atoms with van der Waals surface area (Å²) in [6.45, 7) is 6.55. The molecule has 1 unspecified atom stereocenters. The van der Waals surface area contributed by atoms with Crippen LogP contribution in [0, 0.1) is 0 Å². The van der Waals surface area contributed by atoms with Gasteiger partial charge in [0.1, 0.15) is 13.2 Å². The molecule has 0 bridgehead atoms. The average molecular weight is 920 g/mol. The van der Waals surface area contributed by atoms with Gasteiger partial charge in [0.2, 0.25) is 0 Å². The normalized spacial score (nSPS) is 11.9. The zero-order chi connectivity index (χ0) is 47.2. The van der Waals surface area contributed by atoms with E-state index in [-0.39, 0.29) is 31.1 Å². The molecule has 0 amide bonds. The minimum absolute atomic E-state index is 0.0644. The molecule has 6 nitrogen and oxygen atoms in total. The summed E-state index contributed by atoms with van der Waals surface area (Å²) in [5.74, 6) is -0.869. The van der Waals surface area contributed by atoms with Crippen LogP contribution in [0.5, 0.6) is 0 Å². The highest BCUT2D eigenvalue weighted by Gasteiger charge is 2.19. The molecule has 0 aliphatic carbocycles. The van der Waals surface area contributed by atoms with Gasteiger partial charge >= 0.3 is 17.9 Å². The zero-order valence-corrected chi connectivity index (χ0v) is 44.3. The van der Waals surface area contributed by atoms with E-state index in [0.717, 1.165) is 64.2 Å². The van der Waals surface area contributed by atoms with Gasteiger partial charge < -0.3 is 14.2 Å². The lowest BCUT2D eigenvalue weighted by Crippen LogP contribution is -2.30. The van der Waals surface area contributed by atoms with Crippen LogP contribution in [0.25, 0.3) is 0 Å². The van der Waals surface area contributed by atoms with Crippen LogP contribution in [0.4, 0.5) is 0 Å². The summed E-state index contributed by atoms with van der Waals surface area (Å²) in [5.41, 5.74) is 0. The molecule has 0 aliphatic heterocycles. The Balaban J connectivity index is 3.66. The summed E-state index contributed by atoms with van der Waals surface area (Å²) >= 11 is 0. The van der Waals surface area contributed by atoms with Crippen molar-refractivity contribution in [3.63, 3.8) is 0 Å². The maximum atomic E-state index is 12.6. The van der Waals surface area contributed by atoms with E-state index in [1.807, 2.05) is 0 Å². The maximum Gasteiger partial charge on any atom is 0.306 e. The first-order chi connectivity index (χ1) is 32.0. The first-order valence-corrected chi connectivity index (χ1v) is 29.5. The molecule has 0 aromatic carbocycles. The number of ether oxygens (including phenoxy) is 3. The molecule has 0 saturated carbocycles. The lowest BCUT2D eigenvalue weighted by Gasteiger charge is -2.18. The first kappa shape index (κ1) is 63.4. The second kappa shape index (κ2) is 55.0. The first-order valence-electron chi connectivity index (χ1n) is 29.5. The van der Waals surface area contributed by atoms with Crippen molar-refractivity contribution in [2.45, 2.75) is 348 Å². The van der Waals surface area contributed by atoms with Crippen LogP contribution in [0.3, 0.4) is 0 Å². The Morgan fingerprint density at radius 1 is 0.246 bits per heavy atom. The predicted molar refractivity (Wildman–Crippen MR) is 280 cm³/mol. The summed E-state index contributed by atoms with van der Waals surface area (Å²) in [5, 5.41) is 0. The molecule has 0 radical (unpaired) electrons. The van der Waals surface area contributed by atoms with Crippen LogP contribution in [0.15, 0.2) is 0 Å². The highest BCUT2D eigenvalue weighted by molar-refractivity contribution is 5.71. The number of rotatable bonds is 55. The fraction of sp³-hybridized carbons (Fsp3) is 0.949. The standard InChI is InChI=1S/C59H114O6/c1-4-7-10-13-15-16-17-18-19-20-21-22-23-24-25-26-27-28-29-30-31-32-33-34-35-36-37-38-39-40-41-42-44-46-49-52-58(61)64-55-56(54-63-57(60)51-48-45-12-9-6-3)65-59(62)53-50-47-43-14-11-8-5-2/h56H,4-55H2,1-3H3. The molecule has 6 heteroatoms. The fourth-order valence-electron chi connectivity index (χ4n) is 9.15. The molecule has 0 N–H and O–H groups in total. The van der Waals surface area contributed by atoms with E-state index in [1.54, 1.807) is 0 Å². The van der Waals surface area contributed by atoms with Crippen molar-refractivity contribution in [3.8, 4) is 0 Å². The number of carbonyl (C=O) groups is 3. The van der Waals surface area contributed by atoms with Gasteiger partial charge in [-0.3, -0.25) is 14.4 Å². The largest absolute Gasteiger partial charge is 0.462 e. The summed E-state index contributed by atoms with van der Waals surface area (Å²) < 4.78 is 16.6. The van der Waals surface area contributed by atoms with Crippen molar-refractivity contribution < 1.29 is 28.6 Å². The molecule has 0 spiro atoms. The summed E-state index contributed by atoms with van der Waals surface area (Å²) in [6, 6.07) is 0. The molecule has 386 valence electrons. The Labute approximate surface area is 406 Å². The van der Waals surface area contributed by atoms with E-state index < -0.39 is 6.10 Å². The molecular weight excluding hydrogens is 805 g/mol. The van der Waals surface area contributed by atoms with Crippen LogP contribution < -0.4 is 0 Å². The van der Waals surface area contributed by atoms with Crippen molar-refractivity contribution in [2.24, 2.45) is 0 Å². The molecule has 0 aliphatic rings. The van der Waals surface area contributed by atoms with E-state index >= 15 is 0 Å². The van der Waals surface area contributed by atoms with Gasteiger partial charge in [-0.05, 0) is 19.3 Å². The second-order valence-corrected chi connectivity index (χ2v) is 20.3. The second-order valence-electron chi connectivity index (χ2n) is 20.3. The average Bonchev–Trinajstić information content (AvgIpc) is 3.30. The van der Waals surface area contributed by atoms with E-state index in [2.05, 4.69) is 20.8 Å². The smallest absolute Gasteiger partial charge is 0.306 e. The minimum Gasteiger partial charge on any atom is -0.462 e. The van der Waals surface area contributed by atoms with Crippen molar-refractivity contribution >= 4 is 17.9 Å². The quantitative estimate of drug-likeness (QED) is 0.0344. The van der Waals surface area contributed by atoms with Gasteiger partial charge in [-0.1, -0.05) is 303 Å². The van der Waals surface area contributed by atoms with Gasteiger partial charge in [-0.25, -0.2) is 0 Å². The Kier molecular flexibility index (Phi) is 53.7. The molecule has 65 heavy (non-hydrogen) atoms. The minimum atomic E-state index is -0.757. The molecule has 0 rings (SSSR count). The predicted octanol–water partition coefficient (Wildman–Crippen LogP) is 19.5. The maximum absolute atomic E-state index is 12.6. The molecular formula is C59H114O6. The Morgan fingerprint density at radius 3 is 0.615 bits per heavy atom. The monoisotopic (exact) mass is 919 g/mol. The number of unbranched alkanes of at least 4 members (excludes halogenated alkanes) is 44. The van der Waals surface area contributed by atoms with Crippen LogP contribution >= 0.6 is 0 Å². The van der Waals surface area contributed by atoms with Crippen molar-refractivity contribution in [3.05, 3.63) is 0 Å². The van der Waals surface area contributed by atoms with E-state index in [0.29, 0.717) is 19.3 Å². The Hall–Kier alpha value is -1.59. The third kappa shape index (κ3) is 53.2. The number of hydrogen-bond donors (Lipinski definition) is 0. The van der Waals surface area contributed by atoms with Gasteiger partial charge in [0, 0.05) is 19.3 Å². The molecule has 0 aromatic rings. The number of carbonyl (C=O) groups excluding carboxylic acids is 3. The fourth-order valence-corrected chi connectivity index (χ4v) is 9.15. The zero-order valence-electron chi connectivity index (χ0n) is 44.3. The molecule has 0 aromatic heterocycles. The Bertz CT molecular complexity index is 967. The highest BCUT2D eigenvalue weighted by Crippen LogP contribution is 2.18. The third-order valence-corrected chi connectivity index (χ3v) is 13.6. The van der Waals surface area contributed by atoms with Crippen LogP contribution in [-0.4, -0.2) is 37.2 Å². The molecule has 1 atom stereocenters. The van der Waals surface area contributed by atoms with Crippen LogP contribution in [0.1, 0.15) is 342 Å². The van der Waals surface area contributed by atoms with E-state index in [1.165, 1.54) is 238 Å². The topological polar surface area (TPSA) is 78.9 Å². The van der Waals surface area contributed by atoms with Gasteiger partial charge in [-0.2, -0.15) is 0 Å². The molecule has 0 fully saturated rings. The van der Waals surface area contributed by atoms with Gasteiger partial charge in [0.15, 0.2) is 6.10 Å². The number of esters is 3. The van der Waals surface area contributed by atoms with Gasteiger partial charge in [0.05, 0.1) is 0 Å². The SMILES string of the molecule is CCCCCCCCCCCCCCCCCCCCCCCCCCCCCCCCCCCCCC(=O)OCC(COC(=O)CCCCCCC)OC(=O)CCCCCCCCC. The Morgan fingerprint density at radius 2 is 0.415 bits per heavy atom. The molecule has 0 heterocycles. The third-order valence-electron chi connectivity index (χ3n) is 13.6. The number of hydrogen-bond acceptors (Lipinski definition) is 6. The summed E-state index contributed by atoms with van der Waals surface area (Å²) in [7, 11) is 0. The lowest BCUT2D eigenvalue weighted by molar-refractivity contribution is -0.167. The lowest BCUT2D eigenvalue weighted by atomic mass is 10.0. The van der Waals surface area contributed by atoms with E-state index in [4.69, 9.17) is 14.2 Å². The summed E-state index contributed by atoms with van der Waals surface area (Å²) in [6.07, 6.45) is 62.1. The van der Waals surface area contributed by atoms with Crippen LogP contribution in [0.2, 0.25) is 0 Å². The van der Waals surface area contributed by atoms with Gasteiger partial charge in [-0.15, -0.1) is 0 Å². The molecule has 0 saturated heterocycles. The highest BCUT2D eigenvalue weighted by atomic mass is 16.6. The van der Waals surface area contributed by atoms with Crippen LogP contribution in [-0.2, 0) is 28.6 Å². The van der Waals surface area contributed by atoms with Crippen molar-refractivity contribution in [1.29, 1.82) is 0 Å².